The minimum Gasteiger partial charge on any atom is -0.493 e. The van der Waals surface area contributed by atoms with Gasteiger partial charge in [-0.1, -0.05) is 41.9 Å². The third kappa shape index (κ3) is 4.23. The average Bonchev–Trinajstić information content (AvgIpc) is 2.76. The van der Waals surface area contributed by atoms with E-state index in [1.54, 1.807) is 30.3 Å². The molecule has 0 atom stereocenters. The van der Waals surface area contributed by atoms with Crippen LogP contribution in [0.25, 0.3) is 22.2 Å². The number of carbonyl (C=O) groups excluding carboxylic acids is 1. The summed E-state index contributed by atoms with van der Waals surface area (Å²) in [4.78, 5) is 17.5. The highest BCUT2D eigenvalue weighted by atomic mass is 35.5. The molecule has 4 nitrogen and oxygen atoms in total. The average molecular weight is 403 g/mol. The van der Waals surface area contributed by atoms with E-state index in [-0.39, 0.29) is 5.91 Å². The number of nitrogens with one attached hydrogen (secondary N) is 1. The summed E-state index contributed by atoms with van der Waals surface area (Å²) in [5.74, 6) is 0.501. The van der Waals surface area contributed by atoms with Crippen LogP contribution >= 0.6 is 11.6 Å². The lowest BCUT2D eigenvalue weighted by atomic mass is 10.1. The maximum absolute atomic E-state index is 12.7. The molecule has 144 valence electrons. The first-order valence-corrected chi connectivity index (χ1v) is 9.72. The van der Waals surface area contributed by atoms with E-state index >= 15 is 0 Å². The Labute approximate surface area is 174 Å². The Bertz CT molecular complexity index is 1160. The summed E-state index contributed by atoms with van der Waals surface area (Å²) in [6.07, 6.45) is 0. The molecule has 0 aliphatic carbocycles. The molecule has 0 unspecified atom stereocenters. The van der Waals surface area contributed by atoms with Crippen molar-refractivity contribution < 1.29 is 9.53 Å². The number of aromatic nitrogens is 1. The van der Waals surface area contributed by atoms with Crippen molar-refractivity contribution in [3.63, 3.8) is 0 Å². The number of halogens is 1. The van der Waals surface area contributed by atoms with E-state index in [0.29, 0.717) is 28.6 Å². The normalized spacial score (nSPS) is 10.7. The molecule has 4 aromatic rings. The van der Waals surface area contributed by atoms with Crippen molar-refractivity contribution >= 4 is 34.1 Å². The third-order valence-corrected chi connectivity index (χ3v) is 4.76. The minimum atomic E-state index is -0.205. The van der Waals surface area contributed by atoms with Crippen molar-refractivity contribution in [1.82, 2.24) is 4.98 Å². The fraction of sp³-hybridized carbons (Fsp3) is 0.0833. The summed E-state index contributed by atoms with van der Waals surface area (Å²) in [6, 6.07) is 24.3. The monoisotopic (exact) mass is 402 g/mol. The van der Waals surface area contributed by atoms with Crippen LogP contribution in [0, 0.1) is 0 Å². The molecule has 4 rings (SSSR count). The van der Waals surface area contributed by atoms with Gasteiger partial charge in [-0.3, -0.25) is 4.79 Å². The van der Waals surface area contributed by atoms with Gasteiger partial charge in [-0.25, -0.2) is 4.98 Å². The lowest BCUT2D eigenvalue weighted by Gasteiger charge is -2.12. The van der Waals surface area contributed by atoms with Crippen LogP contribution < -0.4 is 10.1 Å². The number of benzene rings is 3. The van der Waals surface area contributed by atoms with Crippen molar-refractivity contribution in [2.75, 3.05) is 11.9 Å². The Hall–Kier alpha value is -3.37. The van der Waals surface area contributed by atoms with Crippen molar-refractivity contribution in [2.45, 2.75) is 6.92 Å². The molecule has 1 amide bonds. The number of pyridine rings is 1. The van der Waals surface area contributed by atoms with E-state index in [0.717, 1.165) is 22.2 Å². The molecule has 0 radical (unpaired) electrons. The topological polar surface area (TPSA) is 51.2 Å². The highest BCUT2D eigenvalue weighted by Crippen LogP contribution is 2.31. The van der Waals surface area contributed by atoms with Gasteiger partial charge in [0.1, 0.15) is 5.75 Å². The second-order valence-corrected chi connectivity index (χ2v) is 6.93. The van der Waals surface area contributed by atoms with Crippen molar-refractivity contribution in [1.29, 1.82) is 0 Å². The second-order valence-electron chi connectivity index (χ2n) is 6.50. The van der Waals surface area contributed by atoms with Gasteiger partial charge in [0, 0.05) is 33.3 Å². The van der Waals surface area contributed by atoms with Gasteiger partial charge in [0.05, 0.1) is 17.8 Å². The van der Waals surface area contributed by atoms with Crippen molar-refractivity contribution in [2.24, 2.45) is 0 Å². The standard InChI is InChI=1S/C24H19ClN2O2/c1-2-29-23-15-22(16-6-4-3-5-7-16)27-21-13-8-17(14-20(21)23)24(28)26-19-11-9-18(25)10-12-19/h3-15H,2H2,1H3,(H,26,28). The number of anilines is 1. The highest BCUT2D eigenvalue weighted by Gasteiger charge is 2.13. The van der Waals surface area contributed by atoms with E-state index in [9.17, 15) is 4.79 Å². The summed E-state index contributed by atoms with van der Waals surface area (Å²) in [5.41, 5.74) is 3.84. The number of hydrogen-bond acceptors (Lipinski definition) is 3. The Morgan fingerprint density at radius 2 is 1.76 bits per heavy atom. The Morgan fingerprint density at radius 3 is 2.48 bits per heavy atom. The molecule has 3 aromatic carbocycles. The van der Waals surface area contributed by atoms with Gasteiger partial charge in [0.15, 0.2) is 0 Å². The Morgan fingerprint density at radius 1 is 1.00 bits per heavy atom. The molecule has 0 aliphatic heterocycles. The second kappa shape index (κ2) is 8.33. The fourth-order valence-corrected chi connectivity index (χ4v) is 3.23. The van der Waals surface area contributed by atoms with Crippen molar-refractivity contribution in [3.05, 3.63) is 89.4 Å². The summed E-state index contributed by atoms with van der Waals surface area (Å²) < 4.78 is 5.86. The van der Waals surface area contributed by atoms with E-state index < -0.39 is 0 Å². The number of hydrogen-bond donors (Lipinski definition) is 1. The number of rotatable bonds is 5. The molecule has 0 saturated carbocycles. The van der Waals surface area contributed by atoms with Crippen LogP contribution in [0.4, 0.5) is 5.69 Å². The number of carbonyl (C=O) groups is 1. The summed E-state index contributed by atoms with van der Waals surface area (Å²) >= 11 is 5.90. The minimum absolute atomic E-state index is 0.205. The van der Waals surface area contributed by atoms with E-state index in [1.807, 2.05) is 55.5 Å². The fourth-order valence-electron chi connectivity index (χ4n) is 3.10. The molecule has 1 heterocycles. The highest BCUT2D eigenvalue weighted by molar-refractivity contribution is 6.30. The smallest absolute Gasteiger partial charge is 0.255 e. The largest absolute Gasteiger partial charge is 0.493 e. The quantitative estimate of drug-likeness (QED) is 0.432. The predicted molar refractivity (Wildman–Crippen MR) is 118 cm³/mol. The van der Waals surface area contributed by atoms with Gasteiger partial charge in [-0.05, 0) is 49.4 Å². The van der Waals surface area contributed by atoms with Crippen LogP contribution in [0.3, 0.4) is 0 Å². The van der Waals surface area contributed by atoms with Crippen LogP contribution in [-0.4, -0.2) is 17.5 Å². The Balaban J connectivity index is 1.71. The molecular weight excluding hydrogens is 384 g/mol. The van der Waals surface area contributed by atoms with Gasteiger partial charge in [-0.15, -0.1) is 0 Å². The molecule has 1 N–H and O–H groups in total. The van der Waals surface area contributed by atoms with Crippen LogP contribution in [0.15, 0.2) is 78.9 Å². The molecule has 0 fully saturated rings. The number of amides is 1. The maximum Gasteiger partial charge on any atom is 0.255 e. The first kappa shape index (κ1) is 19.0. The van der Waals surface area contributed by atoms with Gasteiger partial charge < -0.3 is 10.1 Å². The molecule has 0 saturated heterocycles. The third-order valence-electron chi connectivity index (χ3n) is 4.50. The van der Waals surface area contributed by atoms with E-state index in [1.165, 1.54) is 0 Å². The van der Waals surface area contributed by atoms with E-state index in [2.05, 4.69) is 5.32 Å². The predicted octanol–water partition coefficient (Wildman–Crippen LogP) is 6.21. The summed E-state index contributed by atoms with van der Waals surface area (Å²) in [7, 11) is 0. The SMILES string of the molecule is CCOc1cc(-c2ccccc2)nc2ccc(C(=O)Nc3ccc(Cl)cc3)cc12. The number of nitrogens with zero attached hydrogens (tertiary/aromatic N) is 1. The number of fused-ring (bicyclic) bond motifs is 1. The first-order chi connectivity index (χ1) is 14.1. The van der Waals surface area contributed by atoms with Crippen LogP contribution in [0.2, 0.25) is 5.02 Å². The summed E-state index contributed by atoms with van der Waals surface area (Å²) in [6.45, 7) is 2.46. The molecule has 0 spiro atoms. The first-order valence-electron chi connectivity index (χ1n) is 9.34. The maximum atomic E-state index is 12.7. The lowest BCUT2D eigenvalue weighted by Crippen LogP contribution is -2.11. The molecular formula is C24H19ClN2O2. The van der Waals surface area contributed by atoms with Crippen molar-refractivity contribution in [3.8, 4) is 17.0 Å². The van der Waals surface area contributed by atoms with E-state index in [4.69, 9.17) is 21.3 Å². The Kier molecular flexibility index (Phi) is 5.45. The zero-order valence-corrected chi connectivity index (χ0v) is 16.6. The lowest BCUT2D eigenvalue weighted by molar-refractivity contribution is 0.102. The zero-order chi connectivity index (χ0) is 20.2. The van der Waals surface area contributed by atoms with Crippen LogP contribution in [0.5, 0.6) is 5.75 Å². The van der Waals surface area contributed by atoms with Gasteiger partial charge in [-0.2, -0.15) is 0 Å². The zero-order valence-electron chi connectivity index (χ0n) is 15.9. The van der Waals surface area contributed by atoms with Gasteiger partial charge in [0.2, 0.25) is 0 Å². The summed E-state index contributed by atoms with van der Waals surface area (Å²) in [5, 5.41) is 4.30. The van der Waals surface area contributed by atoms with Gasteiger partial charge in [0.25, 0.3) is 5.91 Å². The van der Waals surface area contributed by atoms with Gasteiger partial charge >= 0.3 is 0 Å². The van der Waals surface area contributed by atoms with Crippen LogP contribution in [0.1, 0.15) is 17.3 Å². The molecule has 29 heavy (non-hydrogen) atoms. The molecule has 5 heteroatoms. The van der Waals surface area contributed by atoms with Crippen LogP contribution in [-0.2, 0) is 0 Å². The molecule has 0 aliphatic rings. The number of ether oxygens (including phenoxy) is 1. The molecule has 0 bridgehead atoms. The molecule has 1 aromatic heterocycles.